The van der Waals surface area contributed by atoms with Gasteiger partial charge >= 0.3 is 5.97 Å². The second-order valence-corrected chi connectivity index (χ2v) is 6.25. The monoisotopic (exact) mass is 330 g/mol. The van der Waals surface area contributed by atoms with Crippen molar-refractivity contribution in [1.29, 1.82) is 0 Å². The van der Waals surface area contributed by atoms with Crippen molar-refractivity contribution in [1.82, 2.24) is 5.16 Å². The molecule has 128 valence electrons. The van der Waals surface area contributed by atoms with Gasteiger partial charge in [-0.05, 0) is 56.9 Å². The fourth-order valence-corrected chi connectivity index (χ4v) is 3.21. The Bertz CT molecular complexity index is 708. The van der Waals surface area contributed by atoms with Gasteiger partial charge in [0.15, 0.2) is 5.76 Å². The topological polar surface area (TPSA) is 98.6 Å². The van der Waals surface area contributed by atoms with Gasteiger partial charge in [0.2, 0.25) is 0 Å². The van der Waals surface area contributed by atoms with Crippen molar-refractivity contribution in [2.24, 2.45) is 11.7 Å². The SMILES string of the molecule is Cc1noc(-c2ccc(O[C@@H]3CCCC(C(=O)O)C3)cc2)c1CN. The van der Waals surface area contributed by atoms with E-state index in [1.807, 2.05) is 31.2 Å². The van der Waals surface area contributed by atoms with Crippen LogP contribution >= 0.6 is 0 Å². The highest BCUT2D eigenvalue weighted by atomic mass is 16.5. The molecule has 1 unspecified atom stereocenters. The summed E-state index contributed by atoms with van der Waals surface area (Å²) in [6.45, 7) is 2.25. The van der Waals surface area contributed by atoms with E-state index in [-0.39, 0.29) is 12.0 Å². The molecule has 0 spiro atoms. The zero-order chi connectivity index (χ0) is 17.1. The van der Waals surface area contributed by atoms with Crippen LogP contribution in [0.2, 0.25) is 0 Å². The third kappa shape index (κ3) is 3.43. The lowest BCUT2D eigenvalue weighted by molar-refractivity contribution is -0.143. The summed E-state index contributed by atoms with van der Waals surface area (Å²) in [5, 5.41) is 13.1. The minimum Gasteiger partial charge on any atom is -0.490 e. The van der Waals surface area contributed by atoms with E-state index in [4.69, 9.17) is 20.1 Å². The molecule has 6 nitrogen and oxygen atoms in total. The average molecular weight is 330 g/mol. The number of ether oxygens (including phenoxy) is 1. The van der Waals surface area contributed by atoms with E-state index in [1.165, 1.54) is 0 Å². The average Bonchev–Trinajstić information content (AvgIpc) is 2.96. The lowest BCUT2D eigenvalue weighted by Crippen LogP contribution is -2.29. The predicted octanol–water partition coefficient (Wildman–Crippen LogP) is 3.13. The lowest BCUT2D eigenvalue weighted by atomic mass is 9.87. The Morgan fingerprint density at radius 3 is 2.79 bits per heavy atom. The van der Waals surface area contributed by atoms with Crippen molar-refractivity contribution >= 4 is 5.97 Å². The largest absolute Gasteiger partial charge is 0.490 e. The number of aliphatic carboxylic acids is 1. The third-order valence-corrected chi connectivity index (χ3v) is 4.58. The molecule has 6 heteroatoms. The van der Waals surface area contributed by atoms with Crippen LogP contribution in [-0.2, 0) is 11.3 Å². The molecule has 0 bridgehead atoms. The van der Waals surface area contributed by atoms with Crippen LogP contribution in [0.25, 0.3) is 11.3 Å². The van der Waals surface area contributed by atoms with Gasteiger partial charge < -0.3 is 20.1 Å². The van der Waals surface area contributed by atoms with Crippen LogP contribution in [0.3, 0.4) is 0 Å². The minimum atomic E-state index is -0.728. The van der Waals surface area contributed by atoms with Crippen molar-refractivity contribution < 1.29 is 19.2 Å². The molecule has 24 heavy (non-hydrogen) atoms. The van der Waals surface area contributed by atoms with Gasteiger partial charge in [0.25, 0.3) is 0 Å². The standard InChI is InChI=1S/C18H22N2O4/c1-11-16(10-19)17(24-20-11)12-5-7-14(8-6-12)23-15-4-2-3-13(9-15)18(21)22/h5-8,13,15H,2-4,9-10,19H2,1H3,(H,21,22)/t13?,15-/m1/s1. The van der Waals surface area contributed by atoms with Crippen molar-refractivity contribution in [3.8, 4) is 17.1 Å². The number of aromatic nitrogens is 1. The Hall–Kier alpha value is -2.34. The Labute approximate surface area is 140 Å². The summed E-state index contributed by atoms with van der Waals surface area (Å²) in [7, 11) is 0. The number of carbonyl (C=O) groups is 1. The molecule has 0 saturated heterocycles. The number of carboxylic acid groups (broad SMARTS) is 1. The third-order valence-electron chi connectivity index (χ3n) is 4.58. The molecule has 1 aromatic carbocycles. The zero-order valence-electron chi connectivity index (χ0n) is 13.7. The molecule has 1 fully saturated rings. The van der Waals surface area contributed by atoms with Crippen molar-refractivity contribution in [2.45, 2.75) is 45.3 Å². The smallest absolute Gasteiger partial charge is 0.306 e. The summed E-state index contributed by atoms with van der Waals surface area (Å²) in [6, 6.07) is 7.56. The number of nitrogens with zero attached hydrogens (tertiary/aromatic N) is 1. The molecule has 3 N–H and O–H groups in total. The van der Waals surface area contributed by atoms with Gasteiger partial charge in [-0.3, -0.25) is 4.79 Å². The highest BCUT2D eigenvalue weighted by Gasteiger charge is 2.28. The summed E-state index contributed by atoms with van der Waals surface area (Å²) in [4.78, 5) is 11.1. The first-order chi connectivity index (χ1) is 11.6. The molecule has 1 aliphatic carbocycles. The van der Waals surface area contributed by atoms with E-state index in [2.05, 4.69) is 5.16 Å². The van der Waals surface area contributed by atoms with E-state index in [0.29, 0.717) is 18.7 Å². The van der Waals surface area contributed by atoms with Gasteiger partial charge in [-0.25, -0.2) is 0 Å². The summed E-state index contributed by atoms with van der Waals surface area (Å²) in [5.41, 5.74) is 8.35. The first-order valence-electron chi connectivity index (χ1n) is 8.23. The maximum Gasteiger partial charge on any atom is 0.306 e. The van der Waals surface area contributed by atoms with Crippen molar-refractivity contribution in [3.63, 3.8) is 0 Å². The van der Waals surface area contributed by atoms with Crippen LogP contribution in [0.15, 0.2) is 28.8 Å². The molecule has 0 amide bonds. The zero-order valence-corrected chi connectivity index (χ0v) is 13.7. The highest BCUT2D eigenvalue weighted by molar-refractivity contribution is 5.70. The fraction of sp³-hybridized carbons (Fsp3) is 0.444. The number of benzene rings is 1. The number of hydrogen-bond donors (Lipinski definition) is 2. The molecule has 0 aliphatic heterocycles. The normalized spacial score (nSPS) is 20.8. The van der Waals surface area contributed by atoms with E-state index in [0.717, 1.165) is 41.8 Å². The first kappa shape index (κ1) is 16.5. The highest BCUT2D eigenvalue weighted by Crippen LogP contribution is 2.30. The molecule has 2 atom stereocenters. The van der Waals surface area contributed by atoms with Crippen molar-refractivity contribution in [2.75, 3.05) is 0 Å². The molecular weight excluding hydrogens is 308 g/mol. The van der Waals surface area contributed by atoms with Gasteiger partial charge in [-0.15, -0.1) is 0 Å². The second-order valence-electron chi connectivity index (χ2n) is 6.25. The molecule has 1 aromatic heterocycles. The number of aryl methyl sites for hydroxylation is 1. The van der Waals surface area contributed by atoms with Crippen LogP contribution in [-0.4, -0.2) is 22.3 Å². The summed E-state index contributed by atoms with van der Waals surface area (Å²) >= 11 is 0. The molecule has 1 aliphatic rings. The van der Waals surface area contributed by atoms with Gasteiger partial charge in [-0.2, -0.15) is 0 Å². The Morgan fingerprint density at radius 1 is 1.38 bits per heavy atom. The van der Waals surface area contributed by atoms with E-state index >= 15 is 0 Å². The fourth-order valence-electron chi connectivity index (χ4n) is 3.21. The Morgan fingerprint density at radius 2 is 2.12 bits per heavy atom. The van der Waals surface area contributed by atoms with Crippen LogP contribution in [0.4, 0.5) is 0 Å². The maximum absolute atomic E-state index is 11.1. The van der Waals surface area contributed by atoms with E-state index in [9.17, 15) is 4.79 Å². The molecule has 1 saturated carbocycles. The maximum atomic E-state index is 11.1. The van der Waals surface area contributed by atoms with Crippen LogP contribution in [0.5, 0.6) is 5.75 Å². The van der Waals surface area contributed by atoms with Gasteiger partial charge in [0.1, 0.15) is 5.75 Å². The first-order valence-corrected chi connectivity index (χ1v) is 8.23. The van der Waals surface area contributed by atoms with Gasteiger partial charge in [0.05, 0.1) is 17.7 Å². The van der Waals surface area contributed by atoms with Crippen LogP contribution in [0.1, 0.15) is 36.9 Å². The van der Waals surface area contributed by atoms with Crippen molar-refractivity contribution in [3.05, 3.63) is 35.5 Å². The summed E-state index contributed by atoms with van der Waals surface area (Å²) in [6.07, 6.45) is 3.04. The summed E-state index contributed by atoms with van der Waals surface area (Å²) < 4.78 is 11.3. The minimum absolute atomic E-state index is 0.0437. The Kier molecular flexibility index (Phi) is 4.85. The van der Waals surface area contributed by atoms with E-state index in [1.54, 1.807) is 0 Å². The van der Waals surface area contributed by atoms with Crippen LogP contribution in [0, 0.1) is 12.8 Å². The van der Waals surface area contributed by atoms with Gasteiger partial charge in [0, 0.05) is 17.7 Å². The predicted molar refractivity (Wildman–Crippen MR) is 88.6 cm³/mol. The quantitative estimate of drug-likeness (QED) is 0.874. The molecule has 0 radical (unpaired) electrons. The van der Waals surface area contributed by atoms with Gasteiger partial charge in [-0.1, -0.05) is 5.16 Å². The Balaban J connectivity index is 1.69. The van der Waals surface area contributed by atoms with Crippen LogP contribution < -0.4 is 10.5 Å². The molecule has 1 heterocycles. The molecular formula is C18H22N2O4. The molecule has 2 aromatic rings. The van der Waals surface area contributed by atoms with E-state index < -0.39 is 5.97 Å². The second kappa shape index (κ2) is 7.05. The number of rotatable bonds is 5. The summed E-state index contributed by atoms with van der Waals surface area (Å²) in [5.74, 6) is 0.395. The lowest BCUT2D eigenvalue weighted by Gasteiger charge is -2.27. The number of hydrogen-bond acceptors (Lipinski definition) is 5. The molecule has 3 rings (SSSR count). The number of carboxylic acids is 1. The number of nitrogens with two attached hydrogens (primary N) is 1.